The van der Waals surface area contributed by atoms with Crippen LogP contribution in [0, 0.1) is 0 Å². The van der Waals surface area contributed by atoms with E-state index < -0.39 is 0 Å². The Bertz CT molecular complexity index is 1120. The second-order valence-corrected chi connectivity index (χ2v) is 7.93. The van der Waals surface area contributed by atoms with E-state index >= 15 is 0 Å². The molecular weight excluding hydrogens is 372 g/mol. The summed E-state index contributed by atoms with van der Waals surface area (Å²) in [6.45, 7) is 3.84. The molecule has 0 saturated carbocycles. The third-order valence-electron chi connectivity index (χ3n) is 5.86. The number of hydrogen-bond acceptors (Lipinski definition) is 3. The lowest BCUT2D eigenvalue weighted by Gasteiger charge is -2.34. The monoisotopic (exact) mass is 399 g/mol. The van der Waals surface area contributed by atoms with E-state index in [0.29, 0.717) is 0 Å². The molecule has 1 N–H and O–H groups in total. The van der Waals surface area contributed by atoms with Crippen molar-refractivity contribution < 1.29 is 9.64 Å². The molecule has 0 radical (unpaired) electrons. The van der Waals surface area contributed by atoms with Gasteiger partial charge in [0.05, 0.1) is 31.2 Å². The number of para-hydroxylation sites is 2. The molecule has 30 heavy (non-hydrogen) atoms. The van der Waals surface area contributed by atoms with E-state index in [0.717, 1.165) is 50.1 Å². The molecule has 2 heterocycles. The number of benzene rings is 3. The van der Waals surface area contributed by atoms with Crippen LogP contribution >= 0.6 is 0 Å². The number of rotatable bonds is 6. The minimum Gasteiger partial charge on any atom is -0.497 e. The first kappa shape index (κ1) is 18.7. The molecule has 1 atom stereocenters. The maximum Gasteiger partial charge on any atom is 0.215 e. The van der Waals surface area contributed by atoms with Gasteiger partial charge in [-0.1, -0.05) is 54.6 Å². The van der Waals surface area contributed by atoms with Gasteiger partial charge in [-0.15, -0.1) is 0 Å². The molecule has 0 fully saturated rings. The molecule has 1 unspecified atom stereocenters. The van der Waals surface area contributed by atoms with Gasteiger partial charge in [-0.2, -0.15) is 0 Å². The van der Waals surface area contributed by atoms with Crippen LogP contribution in [0.1, 0.15) is 11.1 Å². The summed E-state index contributed by atoms with van der Waals surface area (Å²) in [6.07, 6.45) is 1.04. The van der Waals surface area contributed by atoms with E-state index in [1.165, 1.54) is 21.5 Å². The number of hydrogen-bond donors (Lipinski definition) is 1. The number of nitrogens with one attached hydrogen (secondary N) is 1. The summed E-state index contributed by atoms with van der Waals surface area (Å²) in [7, 11) is 1.71. The molecule has 1 aliphatic rings. The molecule has 152 valence electrons. The maximum atomic E-state index is 5.28. The smallest absolute Gasteiger partial charge is 0.215 e. The minimum atomic E-state index is 0.871. The summed E-state index contributed by atoms with van der Waals surface area (Å²) >= 11 is 0. The lowest BCUT2D eigenvalue weighted by Crippen LogP contribution is -3.14. The molecule has 0 spiro atoms. The molecule has 0 saturated heterocycles. The van der Waals surface area contributed by atoms with Crippen LogP contribution in [0.15, 0.2) is 78.9 Å². The fourth-order valence-corrected chi connectivity index (χ4v) is 4.28. The Kier molecular flexibility index (Phi) is 5.11. The van der Waals surface area contributed by atoms with Crippen molar-refractivity contribution in [2.75, 3.05) is 25.2 Å². The number of imidazole rings is 1. The highest BCUT2D eigenvalue weighted by molar-refractivity contribution is 5.78. The number of aromatic nitrogens is 2. The van der Waals surface area contributed by atoms with E-state index in [1.54, 1.807) is 7.11 Å². The molecule has 1 aliphatic heterocycles. The van der Waals surface area contributed by atoms with Gasteiger partial charge in [0.1, 0.15) is 5.75 Å². The highest BCUT2D eigenvalue weighted by Crippen LogP contribution is 2.24. The van der Waals surface area contributed by atoms with Crippen molar-refractivity contribution in [3.05, 3.63) is 90.0 Å². The second kappa shape index (κ2) is 8.20. The molecule has 5 rings (SSSR count). The van der Waals surface area contributed by atoms with Crippen molar-refractivity contribution in [3.63, 3.8) is 0 Å². The zero-order valence-electron chi connectivity index (χ0n) is 17.3. The van der Waals surface area contributed by atoms with Crippen LogP contribution in [0.2, 0.25) is 0 Å². The van der Waals surface area contributed by atoms with Crippen LogP contribution in [0.4, 0.5) is 5.95 Å². The first-order valence-electron chi connectivity index (χ1n) is 10.5. The highest BCUT2D eigenvalue weighted by Gasteiger charge is 2.28. The first-order chi connectivity index (χ1) is 14.8. The Balaban J connectivity index is 1.39. The molecule has 1 aromatic heterocycles. The third-order valence-corrected chi connectivity index (χ3v) is 5.86. The standard InChI is InChI=1S/C25H26N4O/c1-30-22-13-11-20(12-14-22)15-16-27-18-28(17-21-7-3-2-4-8-21)25-26-23-9-5-6-10-24(23)29(25)19-27/h2-14H,15-19H2,1H3/p+1. The van der Waals surface area contributed by atoms with Crippen molar-refractivity contribution in [2.24, 2.45) is 0 Å². The number of anilines is 1. The first-order valence-corrected chi connectivity index (χ1v) is 10.5. The average molecular weight is 400 g/mol. The summed E-state index contributed by atoms with van der Waals surface area (Å²) in [5.74, 6) is 1.99. The van der Waals surface area contributed by atoms with E-state index in [1.807, 2.05) is 12.1 Å². The lowest BCUT2D eigenvalue weighted by molar-refractivity contribution is -0.924. The van der Waals surface area contributed by atoms with Crippen molar-refractivity contribution >= 4 is 17.0 Å². The molecule has 3 aromatic carbocycles. The van der Waals surface area contributed by atoms with Gasteiger partial charge in [-0.3, -0.25) is 9.47 Å². The topological polar surface area (TPSA) is 34.7 Å². The third kappa shape index (κ3) is 3.76. The Morgan fingerprint density at radius 3 is 2.43 bits per heavy atom. The van der Waals surface area contributed by atoms with Crippen LogP contribution in [-0.4, -0.2) is 29.9 Å². The summed E-state index contributed by atoms with van der Waals surface area (Å²) in [6, 6.07) is 27.6. The molecule has 4 aromatic rings. The Labute approximate surface area is 177 Å². The minimum absolute atomic E-state index is 0.871. The van der Waals surface area contributed by atoms with Crippen molar-refractivity contribution in [2.45, 2.75) is 19.6 Å². The molecule has 0 bridgehead atoms. The quantitative estimate of drug-likeness (QED) is 0.541. The van der Waals surface area contributed by atoms with Crippen LogP contribution in [0.5, 0.6) is 5.75 Å². The maximum absolute atomic E-state index is 5.28. The van der Waals surface area contributed by atoms with Gasteiger partial charge in [0.2, 0.25) is 5.95 Å². The number of ether oxygens (including phenoxy) is 1. The van der Waals surface area contributed by atoms with E-state index in [9.17, 15) is 0 Å². The van der Waals surface area contributed by atoms with Crippen molar-refractivity contribution in [1.82, 2.24) is 9.55 Å². The molecular formula is C25H27N4O+. The Morgan fingerprint density at radius 2 is 1.63 bits per heavy atom. The number of quaternary nitrogens is 1. The fourth-order valence-electron chi connectivity index (χ4n) is 4.28. The SMILES string of the molecule is COc1ccc(CC[NH+]2CN(Cc3ccccc3)c3nc4ccccc4n3C2)cc1. The Hall–Kier alpha value is -3.31. The summed E-state index contributed by atoms with van der Waals surface area (Å²) in [5.41, 5.74) is 4.95. The van der Waals surface area contributed by atoms with Gasteiger partial charge in [-0.25, -0.2) is 4.98 Å². The van der Waals surface area contributed by atoms with Gasteiger partial charge in [0.25, 0.3) is 0 Å². The van der Waals surface area contributed by atoms with Gasteiger partial charge in [0.15, 0.2) is 13.3 Å². The Morgan fingerprint density at radius 1 is 0.867 bits per heavy atom. The fraction of sp³-hybridized carbons (Fsp3) is 0.240. The van der Waals surface area contributed by atoms with Gasteiger partial charge >= 0.3 is 0 Å². The van der Waals surface area contributed by atoms with Crippen LogP contribution < -0.4 is 14.5 Å². The number of methoxy groups -OCH3 is 1. The number of fused-ring (bicyclic) bond motifs is 3. The average Bonchev–Trinajstić information content (AvgIpc) is 3.18. The van der Waals surface area contributed by atoms with Crippen LogP contribution in [0.25, 0.3) is 11.0 Å². The zero-order valence-corrected chi connectivity index (χ0v) is 17.3. The van der Waals surface area contributed by atoms with Gasteiger partial charge in [-0.05, 0) is 35.4 Å². The van der Waals surface area contributed by atoms with Crippen LogP contribution in [0.3, 0.4) is 0 Å². The second-order valence-electron chi connectivity index (χ2n) is 7.93. The summed E-state index contributed by atoms with van der Waals surface area (Å²) in [5, 5.41) is 0. The van der Waals surface area contributed by atoms with Crippen molar-refractivity contribution in [1.29, 1.82) is 0 Å². The van der Waals surface area contributed by atoms with Crippen molar-refractivity contribution in [3.8, 4) is 5.75 Å². The molecule has 0 aliphatic carbocycles. The lowest BCUT2D eigenvalue weighted by atomic mass is 10.1. The van der Waals surface area contributed by atoms with E-state index in [2.05, 4.69) is 76.2 Å². The zero-order chi connectivity index (χ0) is 20.3. The number of nitrogens with zero attached hydrogens (tertiary/aromatic N) is 3. The highest BCUT2D eigenvalue weighted by atomic mass is 16.5. The van der Waals surface area contributed by atoms with E-state index in [-0.39, 0.29) is 0 Å². The van der Waals surface area contributed by atoms with Crippen LogP contribution in [-0.2, 0) is 19.6 Å². The predicted octanol–water partition coefficient (Wildman–Crippen LogP) is 3.11. The largest absolute Gasteiger partial charge is 0.497 e. The molecule has 5 heteroatoms. The van der Waals surface area contributed by atoms with Gasteiger partial charge in [0, 0.05) is 6.42 Å². The molecule has 5 nitrogen and oxygen atoms in total. The molecule has 0 amide bonds. The summed E-state index contributed by atoms with van der Waals surface area (Å²) in [4.78, 5) is 8.92. The van der Waals surface area contributed by atoms with E-state index in [4.69, 9.17) is 9.72 Å². The normalized spacial score (nSPS) is 15.9. The predicted molar refractivity (Wildman–Crippen MR) is 120 cm³/mol. The van der Waals surface area contributed by atoms with Gasteiger partial charge < -0.3 is 9.64 Å². The summed E-state index contributed by atoms with van der Waals surface area (Å²) < 4.78 is 7.66.